The molecule has 0 unspecified atom stereocenters. The van der Waals surface area contributed by atoms with Gasteiger partial charge in [-0.05, 0) is 64.3 Å². The van der Waals surface area contributed by atoms with Gasteiger partial charge in [-0.2, -0.15) is 0 Å². The Morgan fingerprint density at radius 1 is 1.20 bits per heavy atom. The zero-order chi connectivity index (χ0) is 14.5. The number of aryl methyl sites for hydroxylation is 1. The van der Waals surface area contributed by atoms with Crippen LogP contribution < -0.4 is 5.32 Å². The molecule has 1 aromatic heterocycles. The maximum absolute atomic E-state index is 5.89. The van der Waals surface area contributed by atoms with Gasteiger partial charge in [0.25, 0.3) is 0 Å². The Morgan fingerprint density at radius 2 is 1.90 bits per heavy atom. The third-order valence-electron chi connectivity index (χ3n) is 4.16. The van der Waals surface area contributed by atoms with Crippen LogP contribution in [0.2, 0.25) is 0 Å². The highest BCUT2D eigenvalue weighted by Gasteiger charge is 2.26. The highest BCUT2D eigenvalue weighted by atomic mass is 16.3. The Hall–Kier alpha value is -0.800. The van der Waals surface area contributed by atoms with E-state index in [1.807, 2.05) is 6.92 Å². The normalized spacial score (nSPS) is 19.6. The lowest BCUT2D eigenvalue weighted by Crippen LogP contribution is -2.38. The first-order valence-electron chi connectivity index (χ1n) is 8.10. The van der Waals surface area contributed by atoms with Crippen molar-refractivity contribution in [3.8, 4) is 0 Å². The zero-order valence-electron chi connectivity index (χ0n) is 13.5. The van der Waals surface area contributed by atoms with Gasteiger partial charge < -0.3 is 9.73 Å². The molecule has 114 valence electrons. The average molecular weight is 278 g/mol. The van der Waals surface area contributed by atoms with Gasteiger partial charge in [0.15, 0.2) is 0 Å². The van der Waals surface area contributed by atoms with E-state index in [1.165, 1.54) is 32.4 Å². The molecular formula is C17H30N2O. The Labute approximate surface area is 123 Å². The van der Waals surface area contributed by atoms with Crippen LogP contribution in [0.4, 0.5) is 0 Å². The SMILES string of the molecule is Cc1ccc([C@H](CN[C@H](C)CC(C)C)N2CCCC2)o1. The topological polar surface area (TPSA) is 28.4 Å². The summed E-state index contributed by atoms with van der Waals surface area (Å²) in [4.78, 5) is 2.56. The van der Waals surface area contributed by atoms with Crippen LogP contribution in [0.25, 0.3) is 0 Å². The van der Waals surface area contributed by atoms with Crippen molar-refractivity contribution in [2.45, 2.75) is 59.0 Å². The molecule has 0 saturated carbocycles. The second kappa shape index (κ2) is 7.28. The van der Waals surface area contributed by atoms with Crippen LogP contribution >= 0.6 is 0 Å². The highest BCUT2D eigenvalue weighted by molar-refractivity contribution is 5.11. The van der Waals surface area contributed by atoms with Crippen LogP contribution in [0.15, 0.2) is 16.5 Å². The number of nitrogens with one attached hydrogen (secondary N) is 1. The molecule has 1 aromatic rings. The fraction of sp³-hybridized carbons (Fsp3) is 0.765. The van der Waals surface area contributed by atoms with Gasteiger partial charge in [0.05, 0.1) is 6.04 Å². The van der Waals surface area contributed by atoms with Crippen LogP contribution in [0.1, 0.15) is 57.6 Å². The summed E-state index contributed by atoms with van der Waals surface area (Å²) < 4.78 is 5.89. The number of hydrogen-bond acceptors (Lipinski definition) is 3. The number of nitrogens with zero attached hydrogens (tertiary/aromatic N) is 1. The van der Waals surface area contributed by atoms with E-state index in [0.717, 1.165) is 24.0 Å². The molecule has 0 aliphatic carbocycles. The van der Waals surface area contributed by atoms with Gasteiger partial charge in [-0.3, -0.25) is 4.90 Å². The first kappa shape index (κ1) is 15.6. The van der Waals surface area contributed by atoms with Crippen molar-refractivity contribution in [2.24, 2.45) is 5.92 Å². The van der Waals surface area contributed by atoms with Crippen LogP contribution in [-0.4, -0.2) is 30.6 Å². The molecule has 2 rings (SSSR count). The lowest BCUT2D eigenvalue weighted by Gasteiger charge is -2.28. The summed E-state index contributed by atoms with van der Waals surface area (Å²) in [5.41, 5.74) is 0. The van der Waals surface area contributed by atoms with E-state index >= 15 is 0 Å². The molecule has 20 heavy (non-hydrogen) atoms. The molecule has 1 fully saturated rings. The summed E-state index contributed by atoms with van der Waals surface area (Å²) in [6.45, 7) is 12.3. The second-order valence-corrected chi connectivity index (χ2v) is 6.65. The van der Waals surface area contributed by atoms with Gasteiger partial charge in [-0.25, -0.2) is 0 Å². The van der Waals surface area contributed by atoms with Gasteiger partial charge in [0.1, 0.15) is 11.5 Å². The van der Waals surface area contributed by atoms with Gasteiger partial charge in [0.2, 0.25) is 0 Å². The average Bonchev–Trinajstić information content (AvgIpc) is 3.01. The van der Waals surface area contributed by atoms with E-state index in [9.17, 15) is 0 Å². The quantitative estimate of drug-likeness (QED) is 0.823. The molecular weight excluding hydrogens is 248 g/mol. The summed E-state index contributed by atoms with van der Waals surface area (Å²) in [5, 5.41) is 3.70. The van der Waals surface area contributed by atoms with Crippen molar-refractivity contribution >= 4 is 0 Å². The van der Waals surface area contributed by atoms with Crippen molar-refractivity contribution in [3.05, 3.63) is 23.7 Å². The summed E-state index contributed by atoms with van der Waals surface area (Å²) >= 11 is 0. The maximum Gasteiger partial charge on any atom is 0.122 e. The van der Waals surface area contributed by atoms with Crippen molar-refractivity contribution in [2.75, 3.05) is 19.6 Å². The van der Waals surface area contributed by atoms with E-state index < -0.39 is 0 Å². The predicted molar refractivity (Wildman–Crippen MR) is 83.9 cm³/mol. The Morgan fingerprint density at radius 3 is 2.45 bits per heavy atom. The Kier molecular flexibility index (Phi) is 5.67. The third-order valence-corrected chi connectivity index (χ3v) is 4.16. The van der Waals surface area contributed by atoms with Crippen LogP contribution in [0, 0.1) is 12.8 Å². The summed E-state index contributed by atoms with van der Waals surface area (Å²) in [7, 11) is 0. The smallest absolute Gasteiger partial charge is 0.122 e. The summed E-state index contributed by atoms with van der Waals surface area (Å²) in [6.07, 6.45) is 3.86. The first-order chi connectivity index (χ1) is 9.56. The molecule has 0 aromatic carbocycles. The fourth-order valence-electron chi connectivity index (χ4n) is 3.20. The van der Waals surface area contributed by atoms with E-state index in [2.05, 4.69) is 43.1 Å². The maximum atomic E-state index is 5.89. The molecule has 0 bridgehead atoms. The van der Waals surface area contributed by atoms with Crippen molar-refractivity contribution in [3.63, 3.8) is 0 Å². The Balaban J connectivity index is 1.96. The van der Waals surface area contributed by atoms with Crippen molar-refractivity contribution in [1.82, 2.24) is 10.2 Å². The summed E-state index contributed by atoms with van der Waals surface area (Å²) in [6, 6.07) is 5.18. The third kappa shape index (κ3) is 4.35. The molecule has 0 amide bonds. The molecule has 0 radical (unpaired) electrons. The van der Waals surface area contributed by atoms with E-state index in [4.69, 9.17) is 4.42 Å². The molecule has 2 heterocycles. The molecule has 1 aliphatic heterocycles. The van der Waals surface area contributed by atoms with E-state index in [1.54, 1.807) is 0 Å². The van der Waals surface area contributed by atoms with Gasteiger partial charge >= 0.3 is 0 Å². The minimum atomic E-state index is 0.390. The molecule has 2 atom stereocenters. The largest absolute Gasteiger partial charge is 0.465 e. The molecule has 1 N–H and O–H groups in total. The molecule has 1 aliphatic rings. The number of rotatable bonds is 7. The van der Waals surface area contributed by atoms with Gasteiger partial charge in [0, 0.05) is 12.6 Å². The number of hydrogen-bond donors (Lipinski definition) is 1. The lowest BCUT2D eigenvalue weighted by molar-refractivity contribution is 0.202. The van der Waals surface area contributed by atoms with Crippen molar-refractivity contribution in [1.29, 1.82) is 0 Å². The summed E-state index contributed by atoms with van der Waals surface area (Å²) in [5.74, 6) is 2.88. The minimum Gasteiger partial charge on any atom is -0.465 e. The zero-order valence-corrected chi connectivity index (χ0v) is 13.5. The molecule has 1 saturated heterocycles. The Bertz CT molecular complexity index is 393. The molecule has 0 spiro atoms. The number of furan rings is 1. The molecule has 3 nitrogen and oxygen atoms in total. The van der Waals surface area contributed by atoms with Crippen LogP contribution in [-0.2, 0) is 0 Å². The van der Waals surface area contributed by atoms with Gasteiger partial charge in [-0.1, -0.05) is 13.8 Å². The lowest BCUT2D eigenvalue weighted by atomic mass is 10.0. The van der Waals surface area contributed by atoms with Crippen LogP contribution in [0.3, 0.4) is 0 Å². The van der Waals surface area contributed by atoms with Gasteiger partial charge in [-0.15, -0.1) is 0 Å². The van der Waals surface area contributed by atoms with Crippen LogP contribution in [0.5, 0.6) is 0 Å². The van der Waals surface area contributed by atoms with E-state index in [-0.39, 0.29) is 0 Å². The highest BCUT2D eigenvalue weighted by Crippen LogP contribution is 2.26. The minimum absolute atomic E-state index is 0.390. The fourth-order valence-corrected chi connectivity index (χ4v) is 3.20. The van der Waals surface area contributed by atoms with E-state index in [0.29, 0.717) is 12.1 Å². The monoisotopic (exact) mass is 278 g/mol. The number of likely N-dealkylation sites (tertiary alicyclic amines) is 1. The molecule has 3 heteroatoms. The second-order valence-electron chi connectivity index (χ2n) is 6.65. The van der Waals surface area contributed by atoms with Crippen molar-refractivity contribution < 1.29 is 4.42 Å². The first-order valence-corrected chi connectivity index (χ1v) is 8.10. The standard InChI is InChI=1S/C17H30N2O/c1-13(2)11-14(3)18-12-16(19-9-5-6-10-19)17-8-7-15(4)20-17/h7-8,13-14,16,18H,5-6,9-12H2,1-4H3/t14-,16+/m1/s1. The predicted octanol–water partition coefficient (Wildman–Crippen LogP) is 3.75.